The number of hydrogen-bond acceptors (Lipinski definition) is 2. The van der Waals surface area contributed by atoms with Crippen LogP contribution in [-0.2, 0) is 0 Å². The van der Waals surface area contributed by atoms with Crippen LogP contribution in [0.4, 0.5) is 11.4 Å². The van der Waals surface area contributed by atoms with Gasteiger partial charge in [0.25, 0.3) is 0 Å². The minimum Gasteiger partial charge on any atom is -0.259 e. The molecule has 86 valence electrons. The van der Waals surface area contributed by atoms with Gasteiger partial charge in [0.05, 0.1) is 11.4 Å². The molecule has 0 amide bonds. The molecule has 0 aromatic heterocycles. The molecular formula is C14H20N2. The van der Waals surface area contributed by atoms with Crippen LogP contribution in [0.3, 0.4) is 0 Å². The number of rotatable bonds is 6. The molecule has 0 heterocycles. The molecule has 0 saturated carbocycles. The van der Waals surface area contributed by atoms with Gasteiger partial charge >= 0.3 is 0 Å². The zero-order chi connectivity index (χ0) is 11.6. The number of nitrogens with zero attached hydrogens (tertiary/aromatic N) is 2. The van der Waals surface area contributed by atoms with Crippen molar-refractivity contribution < 1.29 is 0 Å². The summed E-state index contributed by atoms with van der Waals surface area (Å²) in [4.78, 5) is 8.87. The maximum atomic E-state index is 4.44. The number of unbranched alkanes of at least 4 members (excludes halogenated alkanes) is 2. The number of benzene rings is 1. The SMILES string of the molecule is CCCC=Nc1ccccc1N=CCCC. The summed E-state index contributed by atoms with van der Waals surface area (Å²) in [6.07, 6.45) is 8.23. The highest BCUT2D eigenvalue weighted by Gasteiger charge is 1.95. The quantitative estimate of drug-likeness (QED) is 0.616. The first-order valence-electron chi connectivity index (χ1n) is 6.02. The molecule has 16 heavy (non-hydrogen) atoms. The van der Waals surface area contributed by atoms with Crippen LogP contribution < -0.4 is 0 Å². The van der Waals surface area contributed by atoms with Crippen molar-refractivity contribution in [2.75, 3.05) is 0 Å². The molecule has 0 unspecified atom stereocenters. The highest BCUT2D eigenvalue weighted by molar-refractivity contribution is 5.74. The van der Waals surface area contributed by atoms with Crippen LogP contribution in [0.1, 0.15) is 39.5 Å². The number of hydrogen-bond donors (Lipinski definition) is 0. The monoisotopic (exact) mass is 216 g/mol. The van der Waals surface area contributed by atoms with Crippen molar-refractivity contribution in [2.24, 2.45) is 9.98 Å². The van der Waals surface area contributed by atoms with Crippen LogP contribution in [0.25, 0.3) is 0 Å². The summed E-state index contributed by atoms with van der Waals surface area (Å²) in [7, 11) is 0. The number of aliphatic imine (C=N–C) groups is 2. The van der Waals surface area contributed by atoms with E-state index in [1.807, 2.05) is 36.7 Å². The molecule has 1 aromatic carbocycles. The van der Waals surface area contributed by atoms with E-state index < -0.39 is 0 Å². The predicted octanol–water partition coefficient (Wildman–Crippen LogP) is 4.69. The Morgan fingerprint density at radius 1 is 0.875 bits per heavy atom. The second-order valence-electron chi connectivity index (χ2n) is 3.69. The Kier molecular flexibility index (Phi) is 6.16. The first kappa shape index (κ1) is 12.6. The van der Waals surface area contributed by atoms with E-state index in [-0.39, 0.29) is 0 Å². The van der Waals surface area contributed by atoms with Gasteiger partial charge in [-0.3, -0.25) is 9.98 Å². The zero-order valence-electron chi connectivity index (χ0n) is 10.2. The van der Waals surface area contributed by atoms with E-state index in [1.54, 1.807) is 0 Å². The molecule has 1 aromatic rings. The Morgan fingerprint density at radius 2 is 1.31 bits per heavy atom. The summed E-state index contributed by atoms with van der Waals surface area (Å²) >= 11 is 0. The van der Waals surface area contributed by atoms with Gasteiger partial charge in [0.1, 0.15) is 0 Å². The molecule has 0 fully saturated rings. The Balaban J connectivity index is 2.75. The summed E-state index contributed by atoms with van der Waals surface area (Å²) in [5.41, 5.74) is 1.92. The van der Waals surface area contributed by atoms with Gasteiger partial charge in [-0.1, -0.05) is 38.8 Å². The van der Waals surface area contributed by atoms with Crippen molar-refractivity contribution >= 4 is 23.8 Å². The van der Waals surface area contributed by atoms with Crippen LogP contribution >= 0.6 is 0 Å². The maximum absolute atomic E-state index is 4.44. The Labute approximate surface area is 98.1 Å². The molecule has 0 atom stereocenters. The second kappa shape index (κ2) is 7.80. The molecule has 0 saturated heterocycles. The van der Waals surface area contributed by atoms with Gasteiger partial charge in [0, 0.05) is 12.4 Å². The van der Waals surface area contributed by atoms with Crippen molar-refractivity contribution in [1.29, 1.82) is 0 Å². The third-order valence-electron chi connectivity index (χ3n) is 2.18. The summed E-state index contributed by atoms with van der Waals surface area (Å²) in [5.74, 6) is 0. The molecule has 0 radical (unpaired) electrons. The van der Waals surface area contributed by atoms with E-state index >= 15 is 0 Å². The summed E-state index contributed by atoms with van der Waals surface area (Å²) < 4.78 is 0. The van der Waals surface area contributed by atoms with E-state index in [2.05, 4.69) is 23.8 Å². The second-order valence-corrected chi connectivity index (χ2v) is 3.69. The molecule has 2 heteroatoms. The van der Waals surface area contributed by atoms with Gasteiger partial charge in [-0.15, -0.1) is 0 Å². The van der Waals surface area contributed by atoms with Crippen molar-refractivity contribution in [2.45, 2.75) is 39.5 Å². The van der Waals surface area contributed by atoms with E-state index in [0.29, 0.717) is 0 Å². The lowest BCUT2D eigenvalue weighted by Crippen LogP contribution is -1.75. The predicted molar refractivity (Wildman–Crippen MR) is 72.6 cm³/mol. The van der Waals surface area contributed by atoms with Gasteiger partial charge in [-0.05, 0) is 25.0 Å². The topological polar surface area (TPSA) is 24.7 Å². The van der Waals surface area contributed by atoms with Crippen molar-refractivity contribution in [1.82, 2.24) is 0 Å². The number of para-hydroxylation sites is 2. The fourth-order valence-corrected chi connectivity index (χ4v) is 1.27. The molecule has 0 spiro atoms. The molecular weight excluding hydrogens is 196 g/mol. The average molecular weight is 216 g/mol. The van der Waals surface area contributed by atoms with Gasteiger partial charge in [0.2, 0.25) is 0 Å². The van der Waals surface area contributed by atoms with Crippen molar-refractivity contribution in [3.05, 3.63) is 24.3 Å². The minimum atomic E-state index is 0.961. The van der Waals surface area contributed by atoms with Gasteiger partial charge < -0.3 is 0 Å². The zero-order valence-corrected chi connectivity index (χ0v) is 10.2. The molecule has 0 aliphatic rings. The summed E-state index contributed by atoms with van der Waals surface area (Å²) in [5, 5.41) is 0. The third kappa shape index (κ3) is 4.39. The Morgan fingerprint density at radius 3 is 1.69 bits per heavy atom. The maximum Gasteiger partial charge on any atom is 0.0882 e. The molecule has 0 bridgehead atoms. The van der Waals surface area contributed by atoms with Crippen LogP contribution in [0, 0.1) is 0 Å². The minimum absolute atomic E-state index is 0.961. The lowest BCUT2D eigenvalue weighted by molar-refractivity contribution is 1.01. The molecule has 0 aliphatic heterocycles. The third-order valence-corrected chi connectivity index (χ3v) is 2.18. The van der Waals surface area contributed by atoms with Crippen LogP contribution in [-0.4, -0.2) is 12.4 Å². The normalized spacial score (nSPS) is 11.6. The van der Waals surface area contributed by atoms with Gasteiger partial charge in [-0.2, -0.15) is 0 Å². The molecule has 0 N–H and O–H groups in total. The van der Waals surface area contributed by atoms with Crippen LogP contribution in [0.5, 0.6) is 0 Å². The lowest BCUT2D eigenvalue weighted by atomic mass is 10.2. The van der Waals surface area contributed by atoms with Crippen LogP contribution in [0.15, 0.2) is 34.3 Å². The molecule has 2 nitrogen and oxygen atoms in total. The van der Waals surface area contributed by atoms with Crippen LogP contribution in [0.2, 0.25) is 0 Å². The van der Waals surface area contributed by atoms with Gasteiger partial charge in [-0.25, -0.2) is 0 Å². The summed E-state index contributed by atoms with van der Waals surface area (Å²) in [6, 6.07) is 8.00. The van der Waals surface area contributed by atoms with E-state index in [1.165, 1.54) is 0 Å². The Hall–Kier alpha value is -1.44. The highest BCUT2D eigenvalue weighted by atomic mass is 14.8. The van der Waals surface area contributed by atoms with E-state index in [4.69, 9.17) is 0 Å². The van der Waals surface area contributed by atoms with E-state index in [0.717, 1.165) is 37.1 Å². The molecule has 0 aliphatic carbocycles. The first-order chi connectivity index (χ1) is 7.88. The van der Waals surface area contributed by atoms with E-state index in [9.17, 15) is 0 Å². The molecule has 1 rings (SSSR count). The largest absolute Gasteiger partial charge is 0.259 e. The smallest absolute Gasteiger partial charge is 0.0882 e. The fourth-order valence-electron chi connectivity index (χ4n) is 1.27. The first-order valence-corrected chi connectivity index (χ1v) is 6.02. The fraction of sp³-hybridized carbons (Fsp3) is 0.429. The average Bonchev–Trinajstić information content (AvgIpc) is 2.32. The van der Waals surface area contributed by atoms with Crippen molar-refractivity contribution in [3.63, 3.8) is 0 Å². The lowest BCUT2D eigenvalue weighted by Gasteiger charge is -1.98. The summed E-state index contributed by atoms with van der Waals surface area (Å²) in [6.45, 7) is 4.30. The Bertz CT molecular complexity index is 319. The van der Waals surface area contributed by atoms with Crippen molar-refractivity contribution in [3.8, 4) is 0 Å². The standard InChI is InChI=1S/C14H20N2/c1-3-5-11-15-13-9-7-8-10-14(13)16-12-6-4-2/h7-12H,3-6H2,1-2H3. The van der Waals surface area contributed by atoms with Gasteiger partial charge in [0.15, 0.2) is 0 Å². The highest BCUT2D eigenvalue weighted by Crippen LogP contribution is 2.26.